The van der Waals surface area contributed by atoms with E-state index in [-0.39, 0.29) is 18.0 Å². The Bertz CT molecular complexity index is 485. The van der Waals surface area contributed by atoms with Crippen LogP contribution in [-0.4, -0.2) is 17.2 Å². The van der Waals surface area contributed by atoms with E-state index in [1.807, 2.05) is 37.3 Å². The summed E-state index contributed by atoms with van der Waals surface area (Å²) < 4.78 is 6.05. The van der Waals surface area contributed by atoms with Crippen molar-refractivity contribution >= 4 is 5.97 Å². The van der Waals surface area contributed by atoms with E-state index in [1.54, 1.807) is 0 Å². The SMILES string of the molecule is CCCCC(O)C(C)CC(CCCC)(OC(=O)CC)c1ccccc1. The van der Waals surface area contributed by atoms with Crippen molar-refractivity contribution in [2.24, 2.45) is 5.92 Å². The zero-order chi connectivity index (χ0) is 18.7. The first kappa shape index (κ1) is 21.7. The molecule has 1 N–H and O–H groups in total. The molecule has 0 amide bonds. The highest BCUT2D eigenvalue weighted by Gasteiger charge is 2.38. The summed E-state index contributed by atoms with van der Waals surface area (Å²) in [6, 6.07) is 10.1. The maximum Gasteiger partial charge on any atom is 0.306 e. The molecule has 25 heavy (non-hydrogen) atoms. The number of benzene rings is 1. The normalized spacial score (nSPS) is 16.0. The van der Waals surface area contributed by atoms with Gasteiger partial charge in [0, 0.05) is 6.42 Å². The molecule has 0 bridgehead atoms. The van der Waals surface area contributed by atoms with Crippen molar-refractivity contribution in [1.29, 1.82) is 0 Å². The third-order valence-electron chi connectivity index (χ3n) is 4.99. The molecule has 0 heterocycles. The summed E-state index contributed by atoms with van der Waals surface area (Å²) in [6.07, 6.45) is 6.41. The largest absolute Gasteiger partial charge is 0.454 e. The fourth-order valence-corrected chi connectivity index (χ4v) is 3.36. The minimum absolute atomic E-state index is 0.0771. The van der Waals surface area contributed by atoms with Crippen LogP contribution in [0.3, 0.4) is 0 Å². The average molecular weight is 349 g/mol. The molecule has 1 aromatic rings. The second-order valence-corrected chi connectivity index (χ2v) is 7.18. The summed E-state index contributed by atoms with van der Waals surface area (Å²) in [7, 11) is 0. The van der Waals surface area contributed by atoms with E-state index in [4.69, 9.17) is 4.74 Å². The van der Waals surface area contributed by atoms with Crippen LogP contribution < -0.4 is 0 Å². The summed E-state index contributed by atoms with van der Waals surface area (Å²) in [6.45, 7) is 8.19. The predicted molar refractivity (Wildman–Crippen MR) is 103 cm³/mol. The molecule has 0 fully saturated rings. The highest BCUT2D eigenvalue weighted by Crippen LogP contribution is 2.39. The molecule has 0 aliphatic rings. The van der Waals surface area contributed by atoms with E-state index < -0.39 is 5.60 Å². The summed E-state index contributed by atoms with van der Waals surface area (Å²) in [5.41, 5.74) is 0.400. The molecule has 0 saturated carbocycles. The zero-order valence-electron chi connectivity index (χ0n) is 16.5. The number of carbonyl (C=O) groups is 1. The molecule has 0 aliphatic carbocycles. The molecular formula is C22H36O3. The van der Waals surface area contributed by atoms with Gasteiger partial charge in [0.25, 0.3) is 0 Å². The van der Waals surface area contributed by atoms with Gasteiger partial charge in [-0.25, -0.2) is 0 Å². The van der Waals surface area contributed by atoms with Crippen LogP contribution in [0, 0.1) is 5.92 Å². The van der Waals surface area contributed by atoms with Crippen LogP contribution in [-0.2, 0) is 15.1 Å². The van der Waals surface area contributed by atoms with Crippen molar-refractivity contribution in [2.75, 3.05) is 0 Å². The number of ether oxygens (including phenoxy) is 1. The van der Waals surface area contributed by atoms with Crippen molar-refractivity contribution < 1.29 is 14.6 Å². The fraction of sp³-hybridized carbons (Fsp3) is 0.682. The van der Waals surface area contributed by atoms with E-state index >= 15 is 0 Å². The van der Waals surface area contributed by atoms with Crippen molar-refractivity contribution in [3.8, 4) is 0 Å². The quantitative estimate of drug-likeness (QED) is 0.500. The summed E-state index contributed by atoms with van der Waals surface area (Å²) in [5, 5.41) is 10.5. The molecule has 0 aromatic heterocycles. The number of aliphatic hydroxyl groups excluding tert-OH is 1. The van der Waals surface area contributed by atoms with E-state index in [9.17, 15) is 9.90 Å². The number of rotatable bonds is 12. The van der Waals surface area contributed by atoms with Crippen LogP contribution in [0.5, 0.6) is 0 Å². The van der Waals surface area contributed by atoms with E-state index in [0.717, 1.165) is 44.1 Å². The third kappa shape index (κ3) is 6.81. The maximum atomic E-state index is 12.2. The lowest BCUT2D eigenvalue weighted by atomic mass is 9.79. The Morgan fingerprint density at radius 1 is 1.12 bits per heavy atom. The van der Waals surface area contributed by atoms with Crippen molar-refractivity contribution in [2.45, 2.75) is 90.8 Å². The van der Waals surface area contributed by atoms with Crippen molar-refractivity contribution in [1.82, 2.24) is 0 Å². The van der Waals surface area contributed by atoms with Crippen LogP contribution in [0.1, 0.15) is 84.6 Å². The summed E-state index contributed by atoms with van der Waals surface area (Å²) in [5.74, 6) is -0.0940. The Labute approximate surface area is 153 Å². The van der Waals surface area contributed by atoms with Crippen LogP contribution in [0.25, 0.3) is 0 Å². The molecule has 3 nitrogen and oxygen atoms in total. The minimum Gasteiger partial charge on any atom is -0.454 e. The Morgan fingerprint density at radius 2 is 1.76 bits per heavy atom. The third-order valence-corrected chi connectivity index (χ3v) is 4.99. The van der Waals surface area contributed by atoms with Gasteiger partial charge < -0.3 is 9.84 Å². The Balaban J connectivity index is 3.11. The second-order valence-electron chi connectivity index (χ2n) is 7.18. The van der Waals surface area contributed by atoms with Gasteiger partial charge in [0.05, 0.1) is 6.10 Å². The minimum atomic E-state index is -0.642. The first-order chi connectivity index (χ1) is 12.0. The number of esters is 1. The molecule has 3 atom stereocenters. The maximum absolute atomic E-state index is 12.2. The molecule has 142 valence electrons. The lowest BCUT2D eigenvalue weighted by molar-refractivity contribution is -0.165. The number of carbonyl (C=O) groups excluding carboxylic acids is 1. The van der Waals surface area contributed by atoms with Gasteiger partial charge in [-0.3, -0.25) is 4.79 Å². The Kier molecular flexibility index (Phi) is 9.81. The first-order valence-corrected chi connectivity index (χ1v) is 9.94. The van der Waals surface area contributed by atoms with Gasteiger partial charge in [0.2, 0.25) is 0 Å². The molecule has 3 heteroatoms. The molecule has 3 unspecified atom stereocenters. The highest BCUT2D eigenvalue weighted by molar-refractivity contribution is 5.69. The van der Waals surface area contributed by atoms with E-state index in [0.29, 0.717) is 12.8 Å². The van der Waals surface area contributed by atoms with Gasteiger partial charge in [0.15, 0.2) is 0 Å². The van der Waals surface area contributed by atoms with Crippen LogP contribution in [0.15, 0.2) is 30.3 Å². The molecule has 1 aromatic carbocycles. The molecule has 0 aliphatic heterocycles. The lowest BCUT2D eigenvalue weighted by Gasteiger charge is -2.37. The van der Waals surface area contributed by atoms with Gasteiger partial charge in [-0.15, -0.1) is 0 Å². The molecule has 0 saturated heterocycles. The number of hydrogen-bond donors (Lipinski definition) is 1. The van der Waals surface area contributed by atoms with Crippen LogP contribution >= 0.6 is 0 Å². The van der Waals surface area contributed by atoms with Gasteiger partial charge in [-0.05, 0) is 37.2 Å². The Morgan fingerprint density at radius 3 is 2.32 bits per heavy atom. The molecule has 0 radical (unpaired) electrons. The molecular weight excluding hydrogens is 312 g/mol. The van der Waals surface area contributed by atoms with Gasteiger partial charge in [-0.2, -0.15) is 0 Å². The van der Waals surface area contributed by atoms with Gasteiger partial charge in [0.1, 0.15) is 5.60 Å². The second kappa shape index (κ2) is 11.3. The molecule has 1 rings (SSSR count). The predicted octanol–water partition coefficient (Wildman–Crippen LogP) is 5.60. The highest BCUT2D eigenvalue weighted by atomic mass is 16.6. The smallest absolute Gasteiger partial charge is 0.306 e. The zero-order valence-corrected chi connectivity index (χ0v) is 16.5. The summed E-state index contributed by atoms with van der Waals surface area (Å²) in [4.78, 5) is 12.2. The van der Waals surface area contributed by atoms with Crippen LogP contribution in [0.4, 0.5) is 0 Å². The first-order valence-electron chi connectivity index (χ1n) is 9.94. The summed E-state index contributed by atoms with van der Waals surface area (Å²) >= 11 is 0. The lowest BCUT2D eigenvalue weighted by Crippen LogP contribution is -2.37. The average Bonchev–Trinajstić information content (AvgIpc) is 2.64. The van der Waals surface area contributed by atoms with E-state index in [1.165, 1.54) is 0 Å². The topological polar surface area (TPSA) is 46.5 Å². The Hall–Kier alpha value is -1.35. The number of aliphatic hydroxyl groups is 1. The van der Waals surface area contributed by atoms with Gasteiger partial charge in [-0.1, -0.05) is 77.3 Å². The monoisotopic (exact) mass is 348 g/mol. The molecule has 0 spiro atoms. The fourth-order valence-electron chi connectivity index (χ4n) is 3.36. The van der Waals surface area contributed by atoms with Crippen LogP contribution in [0.2, 0.25) is 0 Å². The number of unbranched alkanes of at least 4 members (excludes halogenated alkanes) is 2. The van der Waals surface area contributed by atoms with Crippen molar-refractivity contribution in [3.63, 3.8) is 0 Å². The van der Waals surface area contributed by atoms with E-state index in [2.05, 4.69) is 20.8 Å². The van der Waals surface area contributed by atoms with Crippen molar-refractivity contribution in [3.05, 3.63) is 35.9 Å². The standard InChI is InChI=1S/C22H36O3/c1-5-8-15-20(23)18(4)17-22(16-9-6-2,25-21(24)7-3)19-13-11-10-12-14-19/h10-14,18,20,23H,5-9,15-17H2,1-4H3. The number of hydrogen-bond acceptors (Lipinski definition) is 3. The van der Waals surface area contributed by atoms with Gasteiger partial charge >= 0.3 is 5.97 Å².